The summed E-state index contributed by atoms with van der Waals surface area (Å²) in [6.45, 7) is 0.355. The lowest BCUT2D eigenvalue weighted by Gasteiger charge is -2.27. The van der Waals surface area contributed by atoms with Gasteiger partial charge in [0.1, 0.15) is 0 Å². The number of carbonyl (C=O) groups is 2. The average molecular weight is 484 g/mol. The summed E-state index contributed by atoms with van der Waals surface area (Å²) in [4.78, 5) is 37.8. The van der Waals surface area contributed by atoms with Crippen LogP contribution in [-0.4, -0.2) is 33.5 Å². The molecule has 0 aromatic heterocycles. The van der Waals surface area contributed by atoms with Crippen molar-refractivity contribution in [2.75, 3.05) is 11.9 Å². The van der Waals surface area contributed by atoms with E-state index in [4.69, 9.17) is 0 Å². The van der Waals surface area contributed by atoms with Gasteiger partial charge in [-0.1, -0.05) is 28.8 Å². The van der Waals surface area contributed by atoms with Crippen LogP contribution in [0.15, 0.2) is 28.7 Å². The van der Waals surface area contributed by atoms with Crippen LogP contribution in [0.5, 0.6) is 0 Å². The van der Waals surface area contributed by atoms with Gasteiger partial charge in [0.2, 0.25) is 0 Å². The van der Waals surface area contributed by atoms with E-state index in [1.54, 1.807) is 12.1 Å². The summed E-state index contributed by atoms with van der Waals surface area (Å²) in [6.07, 6.45) is 3.77. The third-order valence-electron chi connectivity index (χ3n) is 4.50. The minimum absolute atomic E-state index is 0.124. The Kier molecular flexibility index (Phi) is 5.72. The van der Waals surface area contributed by atoms with Crippen LogP contribution in [0.1, 0.15) is 46.4 Å². The first-order valence-corrected chi connectivity index (χ1v) is 10.2. The van der Waals surface area contributed by atoms with Crippen LogP contribution in [0, 0.1) is 10.1 Å². The van der Waals surface area contributed by atoms with Gasteiger partial charge in [-0.05, 0) is 47.0 Å². The van der Waals surface area contributed by atoms with Crippen molar-refractivity contribution in [2.45, 2.75) is 25.7 Å². The molecule has 0 radical (unpaired) electrons. The summed E-state index contributed by atoms with van der Waals surface area (Å²) in [7, 11) is 0. The Balaban J connectivity index is 2.01. The number of unbranched alkanes of at least 4 members (excludes halogenated alkanes) is 3. The van der Waals surface area contributed by atoms with Gasteiger partial charge in [0.05, 0.1) is 10.3 Å². The molecule has 2 amide bonds. The Morgan fingerprint density at radius 3 is 2.15 bits per heavy atom. The summed E-state index contributed by atoms with van der Waals surface area (Å²) < 4.78 is 0.494. The molecule has 0 fully saturated rings. The molecule has 136 valence electrons. The van der Waals surface area contributed by atoms with E-state index in [9.17, 15) is 19.7 Å². The van der Waals surface area contributed by atoms with Gasteiger partial charge in [-0.25, -0.2) is 0 Å². The second-order valence-electron chi connectivity index (χ2n) is 6.10. The van der Waals surface area contributed by atoms with E-state index >= 15 is 0 Å². The molecule has 1 heterocycles. The molecular weight excluding hydrogens is 468 g/mol. The molecule has 6 nitrogen and oxygen atoms in total. The first kappa shape index (κ1) is 19.0. The van der Waals surface area contributed by atoms with Crippen molar-refractivity contribution in [1.82, 2.24) is 4.90 Å². The summed E-state index contributed by atoms with van der Waals surface area (Å²) in [5.74, 6) is -0.776. The van der Waals surface area contributed by atoms with Gasteiger partial charge in [-0.3, -0.25) is 24.6 Å². The maximum Gasteiger partial charge on any atom is 0.278 e. The van der Waals surface area contributed by atoms with Crippen molar-refractivity contribution in [2.24, 2.45) is 0 Å². The van der Waals surface area contributed by atoms with Gasteiger partial charge < -0.3 is 0 Å². The first-order chi connectivity index (χ1) is 12.5. The Bertz CT molecular complexity index is 891. The highest BCUT2D eigenvalue weighted by Gasteiger charge is 2.35. The molecule has 0 atom stereocenters. The van der Waals surface area contributed by atoms with Crippen molar-refractivity contribution < 1.29 is 14.5 Å². The lowest BCUT2D eigenvalue weighted by Crippen LogP contribution is -2.40. The number of hydrogen-bond acceptors (Lipinski definition) is 4. The summed E-state index contributed by atoms with van der Waals surface area (Å²) in [5, 5.41) is 12.9. The van der Waals surface area contributed by atoms with E-state index in [1.165, 1.54) is 17.0 Å². The zero-order valence-electron chi connectivity index (χ0n) is 13.8. The van der Waals surface area contributed by atoms with Crippen molar-refractivity contribution in [3.8, 4) is 0 Å². The van der Waals surface area contributed by atoms with Crippen molar-refractivity contribution in [3.63, 3.8) is 0 Å². The minimum atomic E-state index is -0.501. The fourth-order valence-corrected chi connectivity index (χ4v) is 4.18. The van der Waals surface area contributed by atoms with E-state index in [-0.39, 0.29) is 17.5 Å². The molecule has 0 N–H and O–H groups in total. The number of alkyl halides is 1. The largest absolute Gasteiger partial charge is 0.278 e. The predicted octanol–water partition coefficient (Wildman–Crippen LogP) is 5.06. The highest BCUT2D eigenvalue weighted by Crippen LogP contribution is 2.39. The molecule has 0 unspecified atom stereocenters. The lowest BCUT2D eigenvalue weighted by atomic mass is 9.93. The van der Waals surface area contributed by atoms with Crippen molar-refractivity contribution >= 4 is 60.1 Å². The van der Waals surface area contributed by atoms with Crippen LogP contribution >= 0.6 is 31.9 Å². The SMILES string of the molecule is O=C1c2ccc(Br)c3c([N+](=O)[O-])ccc(c23)C(=O)N1CCCCCCBr. The fourth-order valence-electron chi connectivity index (χ4n) is 3.25. The topological polar surface area (TPSA) is 80.5 Å². The van der Waals surface area contributed by atoms with Crippen LogP contribution in [0.2, 0.25) is 0 Å². The van der Waals surface area contributed by atoms with Crippen molar-refractivity contribution in [1.29, 1.82) is 0 Å². The van der Waals surface area contributed by atoms with E-state index in [2.05, 4.69) is 31.9 Å². The Hall–Kier alpha value is -1.80. The summed E-state index contributed by atoms with van der Waals surface area (Å²) in [6, 6.07) is 6.01. The number of nitro benzene ring substituents is 1. The summed E-state index contributed by atoms with van der Waals surface area (Å²) in [5.41, 5.74) is 0.546. The second kappa shape index (κ2) is 7.84. The number of imide groups is 1. The molecule has 3 rings (SSSR count). The molecule has 0 saturated heterocycles. The van der Waals surface area contributed by atoms with Crippen molar-refractivity contribution in [3.05, 3.63) is 50.0 Å². The van der Waals surface area contributed by atoms with Crippen LogP contribution in [0.3, 0.4) is 0 Å². The van der Waals surface area contributed by atoms with E-state index < -0.39 is 4.92 Å². The molecule has 2 aromatic rings. The molecule has 2 aromatic carbocycles. The Labute approximate surface area is 166 Å². The zero-order valence-corrected chi connectivity index (χ0v) is 17.0. The van der Waals surface area contributed by atoms with Crippen LogP contribution in [0.4, 0.5) is 5.69 Å². The maximum atomic E-state index is 12.8. The number of rotatable bonds is 7. The smallest absolute Gasteiger partial charge is 0.274 e. The molecule has 1 aliphatic heterocycles. The Morgan fingerprint density at radius 2 is 1.54 bits per heavy atom. The third-order valence-corrected chi connectivity index (χ3v) is 5.72. The molecular formula is C18H16Br2N2O4. The molecule has 1 aliphatic rings. The van der Waals surface area contributed by atoms with Gasteiger partial charge in [-0.2, -0.15) is 0 Å². The minimum Gasteiger partial charge on any atom is -0.274 e. The average Bonchev–Trinajstić information content (AvgIpc) is 2.62. The van der Waals surface area contributed by atoms with Gasteiger partial charge in [0.25, 0.3) is 17.5 Å². The molecule has 8 heteroatoms. The maximum absolute atomic E-state index is 12.8. The molecule has 0 spiro atoms. The highest BCUT2D eigenvalue weighted by molar-refractivity contribution is 9.10. The molecule has 0 bridgehead atoms. The third kappa shape index (κ3) is 3.27. The number of nitro groups is 1. The van der Waals surface area contributed by atoms with E-state index in [0.29, 0.717) is 32.9 Å². The number of amides is 2. The van der Waals surface area contributed by atoms with Crippen LogP contribution in [0.25, 0.3) is 10.8 Å². The summed E-state index contributed by atoms with van der Waals surface area (Å²) >= 11 is 6.70. The van der Waals surface area contributed by atoms with Crippen LogP contribution in [-0.2, 0) is 0 Å². The lowest BCUT2D eigenvalue weighted by molar-refractivity contribution is -0.383. The van der Waals surface area contributed by atoms with Gasteiger partial charge in [0, 0.05) is 38.9 Å². The van der Waals surface area contributed by atoms with Gasteiger partial charge in [0.15, 0.2) is 0 Å². The number of carbonyl (C=O) groups excluding carboxylic acids is 2. The van der Waals surface area contributed by atoms with Gasteiger partial charge >= 0.3 is 0 Å². The predicted molar refractivity (Wildman–Crippen MR) is 106 cm³/mol. The number of hydrogen-bond donors (Lipinski definition) is 0. The number of benzene rings is 2. The number of halogens is 2. The number of nitrogens with zero attached hydrogens (tertiary/aromatic N) is 2. The fraction of sp³-hybridized carbons (Fsp3) is 0.333. The normalized spacial score (nSPS) is 13.5. The standard InChI is InChI=1S/C18H16Br2N2O4/c19-9-3-1-2-4-10-21-17(23)11-5-7-13(20)16-14(22(25)26)8-6-12(15(11)16)18(21)24/h5-8H,1-4,9-10H2. The quantitative estimate of drug-likeness (QED) is 0.181. The molecule has 0 saturated carbocycles. The molecule has 26 heavy (non-hydrogen) atoms. The Morgan fingerprint density at radius 1 is 0.923 bits per heavy atom. The number of non-ortho nitro benzene ring substituents is 1. The van der Waals surface area contributed by atoms with E-state index in [1.807, 2.05) is 0 Å². The second-order valence-corrected chi connectivity index (χ2v) is 7.75. The van der Waals surface area contributed by atoms with E-state index in [0.717, 1.165) is 31.0 Å². The van der Waals surface area contributed by atoms with Gasteiger partial charge in [-0.15, -0.1) is 0 Å². The molecule has 0 aliphatic carbocycles. The highest BCUT2D eigenvalue weighted by atomic mass is 79.9. The zero-order chi connectivity index (χ0) is 18.8. The van der Waals surface area contributed by atoms with Crippen LogP contribution < -0.4 is 0 Å². The monoisotopic (exact) mass is 482 g/mol. The first-order valence-electron chi connectivity index (χ1n) is 8.29.